The summed E-state index contributed by atoms with van der Waals surface area (Å²) in [6.45, 7) is 2.38. The molecule has 0 heterocycles. The van der Waals surface area contributed by atoms with Crippen LogP contribution in [0.5, 0.6) is 11.5 Å². The predicted molar refractivity (Wildman–Crippen MR) is 117 cm³/mol. The summed E-state index contributed by atoms with van der Waals surface area (Å²) in [4.78, 5) is 23.8. The van der Waals surface area contributed by atoms with E-state index >= 15 is 0 Å². The number of rotatable bonds is 9. The number of carbonyl (C=O) groups excluding carboxylic acids is 2. The van der Waals surface area contributed by atoms with Crippen molar-refractivity contribution in [1.29, 1.82) is 0 Å². The topological polar surface area (TPSA) is 89.0 Å². The molecule has 0 spiro atoms. The van der Waals surface area contributed by atoms with Crippen LogP contribution >= 0.6 is 27.5 Å². The van der Waals surface area contributed by atoms with Crippen LogP contribution in [0.4, 0.5) is 5.69 Å². The zero-order valence-electron chi connectivity index (χ0n) is 16.0. The van der Waals surface area contributed by atoms with E-state index in [4.69, 9.17) is 21.1 Å². The molecule has 2 rings (SSSR count). The molecule has 154 valence electrons. The van der Waals surface area contributed by atoms with Crippen molar-refractivity contribution in [3.8, 4) is 11.5 Å². The second-order valence-electron chi connectivity index (χ2n) is 5.79. The van der Waals surface area contributed by atoms with Crippen molar-refractivity contribution in [3.63, 3.8) is 0 Å². The van der Waals surface area contributed by atoms with Gasteiger partial charge in [0.15, 0.2) is 11.5 Å². The summed E-state index contributed by atoms with van der Waals surface area (Å²) in [5.41, 5.74) is 3.61. The van der Waals surface area contributed by atoms with Crippen LogP contribution in [-0.4, -0.2) is 31.7 Å². The summed E-state index contributed by atoms with van der Waals surface area (Å²) in [5.74, 6) is 0.455. The van der Waals surface area contributed by atoms with Gasteiger partial charge in [-0.2, -0.15) is 5.10 Å². The highest BCUT2D eigenvalue weighted by Crippen LogP contribution is 2.36. The first-order chi connectivity index (χ1) is 13.9. The van der Waals surface area contributed by atoms with Crippen LogP contribution in [0.3, 0.4) is 0 Å². The fraction of sp³-hybridized carbons (Fsp3) is 0.250. The van der Waals surface area contributed by atoms with Crippen LogP contribution in [-0.2, 0) is 9.59 Å². The smallest absolute Gasteiger partial charge is 0.240 e. The van der Waals surface area contributed by atoms with Crippen molar-refractivity contribution in [2.75, 3.05) is 19.0 Å². The van der Waals surface area contributed by atoms with Gasteiger partial charge < -0.3 is 14.8 Å². The van der Waals surface area contributed by atoms with Gasteiger partial charge in [-0.15, -0.1) is 0 Å². The van der Waals surface area contributed by atoms with E-state index < -0.39 is 0 Å². The summed E-state index contributed by atoms with van der Waals surface area (Å²) in [7, 11) is 1.54. The maximum absolute atomic E-state index is 11.9. The number of anilines is 1. The Morgan fingerprint density at radius 3 is 2.62 bits per heavy atom. The molecular weight excluding hydrogens is 462 g/mol. The van der Waals surface area contributed by atoms with Gasteiger partial charge in [0.05, 0.1) is 35.1 Å². The second-order valence-corrected chi connectivity index (χ2v) is 7.05. The van der Waals surface area contributed by atoms with Crippen molar-refractivity contribution >= 4 is 51.2 Å². The zero-order chi connectivity index (χ0) is 21.2. The van der Waals surface area contributed by atoms with Crippen molar-refractivity contribution in [2.24, 2.45) is 5.10 Å². The summed E-state index contributed by atoms with van der Waals surface area (Å²) in [6, 6.07) is 10.4. The normalized spacial score (nSPS) is 10.6. The minimum absolute atomic E-state index is 0.00893. The van der Waals surface area contributed by atoms with Gasteiger partial charge in [-0.25, -0.2) is 5.43 Å². The molecule has 0 aromatic heterocycles. The van der Waals surface area contributed by atoms with Crippen LogP contribution < -0.4 is 20.2 Å². The molecule has 0 aliphatic heterocycles. The third kappa shape index (κ3) is 7.07. The van der Waals surface area contributed by atoms with E-state index in [2.05, 4.69) is 31.8 Å². The quantitative estimate of drug-likeness (QED) is 0.410. The highest BCUT2D eigenvalue weighted by Gasteiger charge is 2.11. The van der Waals surface area contributed by atoms with E-state index in [9.17, 15) is 9.59 Å². The summed E-state index contributed by atoms with van der Waals surface area (Å²) >= 11 is 9.41. The van der Waals surface area contributed by atoms with Crippen LogP contribution in [0, 0.1) is 0 Å². The second kappa shape index (κ2) is 11.4. The number of amides is 2. The lowest BCUT2D eigenvalue weighted by Gasteiger charge is -2.11. The Balaban J connectivity index is 1.85. The van der Waals surface area contributed by atoms with Gasteiger partial charge in [-0.3, -0.25) is 9.59 Å². The van der Waals surface area contributed by atoms with Gasteiger partial charge in [-0.1, -0.05) is 23.7 Å². The maximum atomic E-state index is 11.9. The van der Waals surface area contributed by atoms with Crippen LogP contribution in [0.1, 0.15) is 25.3 Å². The summed E-state index contributed by atoms with van der Waals surface area (Å²) in [6.07, 6.45) is 1.48. The summed E-state index contributed by atoms with van der Waals surface area (Å²) < 4.78 is 11.6. The predicted octanol–water partition coefficient (Wildman–Crippen LogP) is 4.38. The fourth-order valence-corrected chi connectivity index (χ4v) is 3.09. The fourth-order valence-electron chi connectivity index (χ4n) is 2.34. The van der Waals surface area contributed by atoms with Gasteiger partial charge in [-0.05, 0) is 52.7 Å². The Morgan fingerprint density at radius 2 is 1.93 bits per heavy atom. The molecule has 2 N–H and O–H groups in total. The van der Waals surface area contributed by atoms with Crippen LogP contribution in [0.2, 0.25) is 5.02 Å². The molecule has 0 radical (unpaired) electrons. The molecule has 29 heavy (non-hydrogen) atoms. The number of para-hydroxylation sites is 1. The van der Waals surface area contributed by atoms with Gasteiger partial charge in [0.25, 0.3) is 0 Å². The Labute approximate surface area is 182 Å². The van der Waals surface area contributed by atoms with E-state index in [1.54, 1.807) is 43.5 Å². The van der Waals surface area contributed by atoms with E-state index in [-0.39, 0.29) is 24.7 Å². The van der Waals surface area contributed by atoms with Gasteiger partial charge in [0.2, 0.25) is 11.8 Å². The van der Waals surface area contributed by atoms with E-state index in [1.807, 2.05) is 6.92 Å². The molecule has 0 bridgehead atoms. The molecule has 0 atom stereocenters. The number of hydrogen-bond donors (Lipinski definition) is 2. The van der Waals surface area contributed by atoms with Crippen molar-refractivity contribution < 1.29 is 19.1 Å². The van der Waals surface area contributed by atoms with Crippen LogP contribution in [0.15, 0.2) is 46.0 Å². The van der Waals surface area contributed by atoms with Gasteiger partial charge in [0, 0.05) is 12.8 Å². The highest BCUT2D eigenvalue weighted by molar-refractivity contribution is 9.10. The molecule has 2 aromatic rings. The van der Waals surface area contributed by atoms with E-state index in [1.165, 1.54) is 6.21 Å². The third-order valence-corrected chi connectivity index (χ3v) is 4.59. The number of halogens is 2. The first-order valence-corrected chi connectivity index (χ1v) is 9.98. The highest BCUT2D eigenvalue weighted by atomic mass is 79.9. The molecule has 0 saturated carbocycles. The average molecular weight is 483 g/mol. The minimum Gasteiger partial charge on any atom is -0.493 e. The molecule has 0 aliphatic carbocycles. The van der Waals surface area contributed by atoms with Gasteiger partial charge >= 0.3 is 0 Å². The number of hydrazone groups is 1. The van der Waals surface area contributed by atoms with E-state index in [0.717, 1.165) is 0 Å². The lowest BCUT2D eigenvalue weighted by atomic mass is 10.2. The minimum atomic E-state index is -0.382. The number of nitrogens with one attached hydrogen (secondary N) is 2. The first-order valence-electron chi connectivity index (χ1n) is 8.81. The van der Waals surface area contributed by atoms with Crippen molar-refractivity contribution in [1.82, 2.24) is 5.43 Å². The molecule has 0 unspecified atom stereocenters. The molecule has 2 amide bonds. The zero-order valence-corrected chi connectivity index (χ0v) is 18.3. The Bertz CT molecular complexity index is 905. The molecular formula is C20H21BrClN3O4. The average Bonchev–Trinajstić information content (AvgIpc) is 2.70. The molecule has 0 aliphatic rings. The third-order valence-electron chi connectivity index (χ3n) is 3.67. The lowest BCUT2D eigenvalue weighted by molar-refractivity contribution is -0.124. The maximum Gasteiger partial charge on any atom is 0.240 e. The molecule has 0 saturated heterocycles. The van der Waals surface area contributed by atoms with Gasteiger partial charge in [0.1, 0.15) is 0 Å². The Kier molecular flexibility index (Phi) is 8.95. The van der Waals surface area contributed by atoms with Crippen molar-refractivity contribution in [3.05, 3.63) is 51.5 Å². The SMILES string of the molecule is CCOc1c(Br)cc(C=NNC(=O)CCC(=O)Nc2ccccc2Cl)cc1OC. The molecule has 0 fully saturated rings. The largest absolute Gasteiger partial charge is 0.493 e. The van der Waals surface area contributed by atoms with E-state index in [0.29, 0.717) is 38.9 Å². The lowest BCUT2D eigenvalue weighted by Crippen LogP contribution is -2.20. The number of carbonyl (C=O) groups is 2. The van der Waals surface area contributed by atoms with Crippen LogP contribution in [0.25, 0.3) is 0 Å². The van der Waals surface area contributed by atoms with Crippen molar-refractivity contribution in [2.45, 2.75) is 19.8 Å². The monoisotopic (exact) mass is 481 g/mol. The first kappa shape index (κ1) is 22.7. The standard InChI is InChI=1S/C20H21BrClN3O4/c1-3-29-20-14(21)10-13(11-17(20)28-2)12-23-25-19(27)9-8-18(26)24-16-7-5-4-6-15(16)22/h4-7,10-12H,3,8-9H2,1-2H3,(H,24,26)(H,25,27). The Morgan fingerprint density at radius 1 is 1.21 bits per heavy atom. The number of ether oxygens (including phenoxy) is 2. The summed E-state index contributed by atoms with van der Waals surface area (Å²) in [5, 5.41) is 7.01. The molecule has 9 heteroatoms. The Hall–Kier alpha value is -2.58. The molecule has 2 aromatic carbocycles. The number of nitrogens with zero attached hydrogens (tertiary/aromatic N) is 1. The number of methoxy groups -OCH3 is 1. The number of benzene rings is 2. The number of hydrogen-bond acceptors (Lipinski definition) is 5. The molecule has 7 nitrogen and oxygen atoms in total.